The van der Waals surface area contributed by atoms with E-state index >= 15 is 0 Å². The number of sulfone groups is 3. The summed E-state index contributed by atoms with van der Waals surface area (Å²) in [6.07, 6.45) is 0.0597. The highest BCUT2D eigenvalue weighted by atomic mass is 32.2. The van der Waals surface area contributed by atoms with Crippen LogP contribution in [0, 0.1) is 0 Å². The smallest absolute Gasteiger partial charge is 0.235 e. The fourth-order valence-electron chi connectivity index (χ4n) is 2.76. The van der Waals surface area contributed by atoms with Crippen LogP contribution in [0.15, 0.2) is 36.0 Å². The average molecular weight is 665 g/mol. The molecule has 0 aliphatic rings. The van der Waals surface area contributed by atoms with Crippen molar-refractivity contribution < 1.29 is 53.7 Å². The zero-order valence-corrected chi connectivity index (χ0v) is 25.4. The topological polar surface area (TPSA) is 248 Å². The molecule has 0 radical (unpaired) electrons. The first-order valence-corrected chi connectivity index (χ1v) is 18.2. The summed E-state index contributed by atoms with van der Waals surface area (Å²) in [7, 11) is -13.5. The number of ether oxygens (including phenoxy) is 1. The van der Waals surface area contributed by atoms with Crippen LogP contribution >= 0.6 is 0 Å². The van der Waals surface area contributed by atoms with Gasteiger partial charge in [-0.3, -0.25) is 23.9 Å². The highest BCUT2D eigenvalue weighted by Gasteiger charge is 2.26. The number of carbonyl (C=O) groups excluding carboxylic acids is 3. The van der Waals surface area contributed by atoms with Crippen LogP contribution in [-0.2, 0) is 59.4 Å². The van der Waals surface area contributed by atoms with Gasteiger partial charge in [-0.15, -0.1) is 0 Å². The number of aliphatic hydroxyl groups excluding tert-OH is 1. The first kappa shape index (κ1) is 38.5. The first-order chi connectivity index (χ1) is 19.0. The van der Waals surface area contributed by atoms with E-state index in [9.17, 15) is 49.0 Å². The van der Waals surface area contributed by atoms with Crippen LogP contribution in [0.1, 0.15) is 12.8 Å². The number of rotatable bonds is 23. The van der Waals surface area contributed by atoms with E-state index in [0.29, 0.717) is 22.6 Å². The van der Waals surface area contributed by atoms with Crippen LogP contribution in [0.4, 0.5) is 0 Å². The Morgan fingerprint density at radius 2 is 1.29 bits per heavy atom. The van der Waals surface area contributed by atoms with Gasteiger partial charge < -0.3 is 25.8 Å². The van der Waals surface area contributed by atoms with Gasteiger partial charge in [-0.2, -0.15) is 0 Å². The second kappa shape index (κ2) is 18.8. The highest BCUT2D eigenvalue weighted by molar-refractivity contribution is 7.95. The molecule has 0 aliphatic carbocycles. The third-order valence-corrected chi connectivity index (χ3v) is 9.48. The maximum absolute atomic E-state index is 12.4. The first-order valence-electron chi connectivity index (χ1n) is 11.7. The Balaban J connectivity index is 5.13. The van der Waals surface area contributed by atoms with Gasteiger partial charge in [0.25, 0.3) is 0 Å². The number of hydrogen-bond donors (Lipinski definition) is 5. The van der Waals surface area contributed by atoms with Crippen LogP contribution in [0.25, 0.3) is 0 Å². The van der Waals surface area contributed by atoms with Gasteiger partial charge in [0.2, 0.25) is 17.7 Å². The van der Waals surface area contributed by atoms with E-state index in [1.54, 1.807) is 0 Å². The third-order valence-electron chi connectivity index (χ3n) is 4.79. The number of nitrogens with one attached hydrogen (secondary N) is 4. The van der Waals surface area contributed by atoms with Crippen molar-refractivity contribution in [2.45, 2.75) is 24.3 Å². The summed E-state index contributed by atoms with van der Waals surface area (Å²) < 4.78 is 87.0. The summed E-state index contributed by atoms with van der Waals surface area (Å²) in [4.78, 5) is 35.9. The molecular formula is C21H36N4O12S4. The molecular weight excluding hydrogens is 629 g/mol. The van der Waals surface area contributed by atoms with Gasteiger partial charge in [0, 0.05) is 41.8 Å². The molecule has 3 atom stereocenters. The van der Waals surface area contributed by atoms with Crippen molar-refractivity contribution in [1.82, 2.24) is 21.3 Å². The minimum absolute atomic E-state index is 0.132. The lowest BCUT2D eigenvalue weighted by Crippen LogP contribution is -2.48. The Bertz CT molecular complexity index is 1280. The van der Waals surface area contributed by atoms with Crippen LogP contribution in [-0.4, -0.2) is 113 Å². The van der Waals surface area contributed by atoms with E-state index < -0.39 is 99.3 Å². The molecule has 236 valence electrons. The Morgan fingerprint density at radius 1 is 0.805 bits per heavy atom. The number of carbonyl (C=O) groups is 3. The van der Waals surface area contributed by atoms with Crippen LogP contribution in [0.5, 0.6) is 0 Å². The quantitative estimate of drug-likeness (QED) is 0.0532. The van der Waals surface area contributed by atoms with Crippen LogP contribution in [0.2, 0.25) is 0 Å². The van der Waals surface area contributed by atoms with Gasteiger partial charge in [-0.05, 0) is 13.0 Å². The van der Waals surface area contributed by atoms with Gasteiger partial charge >= 0.3 is 0 Å². The van der Waals surface area contributed by atoms with E-state index in [0.717, 1.165) is 0 Å². The minimum atomic E-state index is -3.94. The zero-order valence-electron chi connectivity index (χ0n) is 22.2. The molecule has 0 aromatic heterocycles. The predicted molar refractivity (Wildman–Crippen MR) is 152 cm³/mol. The number of aliphatic hydroxyl groups is 1. The summed E-state index contributed by atoms with van der Waals surface area (Å²) in [5.41, 5.74) is -1.23. The molecule has 0 saturated carbocycles. The second-order valence-electron chi connectivity index (χ2n) is 8.18. The van der Waals surface area contributed by atoms with Crippen LogP contribution < -0.4 is 21.3 Å². The maximum Gasteiger partial charge on any atom is 0.235 e. The summed E-state index contributed by atoms with van der Waals surface area (Å²) in [6.45, 7) is 9.08. The normalized spacial score (nSPS) is 14.2. The summed E-state index contributed by atoms with van der Waals surface area (Å²) in [5.74, 6) is -6.11. The van der Waals surface area contributed by atoms with E-state index in [4.69, 9.17) is 4.74 Å². The molecule has 41 heavy (non-hydrogen) atoms. The lowest BCUT2D eigenvalue weighted by Gasteiger charge is -2.24. The largest absolute Gasteiger partial charge is 0.383 e. The molecule has 5 N–H and O–H groups in total. The molecule has 20 heteroatoms. The standard InChI is InChI=1S/C21H36N4O12S4/c1-4-39(31,32)12-18(27)23-9-7-8-22-15-37-21(38(30)16-26)10-17(25-20(29)14-41(35,36)6-3)11-24-19(28)13-40(33,34)5-2/h4-6,17,21-22,26H,1-3,7-16H2,(H,23,27)(H,24,28)(H,25,29). The molecule has 16 nitrogen and oxygen atoms in total. The van der Waals surface area contributed by atoms with E-state index in [-0.39, 0.29) is 26.2 Å². The van der Waals surface area contributed by atoms with Gasteiger partial charge in [0.15, 0.2) is 29.5 Å². The average Bonchev–Trinajstić information content (AvgIpc) is 2.89. The van der Waals surface area contributed by atoms with Crippen molar-refractivity contribution >= 4 is 58.0 Å². The molecule has 3 unspecified atom stereocenters. The van der Waals surface area contributed by atoms with Crippen molar-refractivity contribution in [3.63, 3.8) is 0 Å². The minimum Gasteiger partial charge on any atom is -0.383 e. The molecule has 0 heterocycles. The Kier molecular flexibility index (Phi) is 17.7. The molecule has 0 fully saturated rings. The molecule has 0 bridgehead atoms. The molecule has 0 aromatic carbocycles. The molecule has 0 saturated heterocycles. The van der Waals surface area contributed by atoms with E-state index in [1.807, 2.05) is 0 Å². The fraction of sp³-hybridized carbons (Fsp3) is 0.571. The van der Waals surface area contributed by atoms with Gasteiger partial charge in [-0.1, -0.05) is 19.7 Å². The SMILES string of the molecule is C=CS(=O)(=O)CC(=O)NCCCNCOC(CC(CNC(=O)CS(=O)(=O)C=C)NC(=O)CS(=O)(=O)C=C)S(=O)CO. The van der Waals surface area contributed by atoms with E-state index in [1.165, 1.54) is 0 Å². The van der Waals surface area contributed by atoms with Crippen molar-refractivity contribution in [2.75, 3.05) is 49.6 Å². The Hall–Kier alpha value is -2.49. The lowest BCUT2D eigenvalue weighted by molar-refractivity contribution is -0.121. The third kappa shape index (κ3) is 18.5. The van der Waals surface area contributed by atoms with Gasteiger partial charge in [0.1, 0.15) is 28.6 Å². The lowest BCUT2D eigenvalue weighted by atomic mass is 10.2. The summed E-state index contributed by atoms with van der Waals surface area (Å²) >= 11 is 0. The second-order valence-corrected chi connectivity index (χ2v) is 15.6. The number of hydrogen-bond acceptors (Lipinski definition) is 13. The zero-order chi connectivity index (χ0) is 31.7. The van der Waals surface area contributed by atoms with Crippen molar-refractivity contribution in [3.05, 3.63) is 36.0 Å². The monoisotopic (exact) mass is 664 g/mol. The summed E-state index contributed by atoms with van der Waals surface area (Å²) in [5, 5.41) is 21.1. The van der Waals surface area contributed by atoms with Crippen LogP contribution in [0.3, 0.4) is 0 Å². The van der Waals surface area contributed by atoms with Crippen molar-refractivity contribution in [2.24, 2.45) is 0 Å². The highest BCUT2D eigenvalue weighted by Crippen LogP contribution is 2.09. The van der Waals surface area contributed by atoms with Gasteiger partial charge in [-0.25, -0.2) is 25.3 Å². The Labute approximate surface area is 242 Å². The van der Waals surface area contributed by atoms with E-state index in [2.05, 4.69) is 41.0 Å². The maximum atomic E-state index is 12.4. The summed E-state index contributed by atoms with van der Waals surface area (Å²) in [6, 6.07) is -1.10. The molecule has 0 rings (SSSR count). The van der Waals surface area contributed by atoms with Gasteiger partial charge in [0.05, 0.1) is 17.5 Å². The van der Waals surface area contributed by atoms with Crippen molar-refractivity contribution in [3.8, 4) is 0 Å². The fourth-order valence-corrected chi connectivity index (χ4v) is 5.33. The molecule has 0 spiro atoms. The Morgan fingerprint density at radius 3 is 1.78 bits per heavy atom. The van der Waals surface area contributed by atoms with Crippen molar-refractivity contribution in [1.29, 1.82) is 0 Å². The molecule has 0 aliphatic heterocycles. The number of amides is 3. The predicted octanol–water partition coefficient (Wildman–Crippen LogP) is -3.25. The molecule has 0 aromatic rings. The molecule has 3 amide bonds.